The van der Waals surface area contributed by atoms with E-state index in [1.807, 2.05) is 0 Å². The van der Waals surface area contributed by atoms with Gasteiger partial charge in [-0.15, -0.1) is 0 Å². The first kappa shape index (κ1) is 20.2. The Bertz CT molecular complexity index is 1360. The van der Waals surface area contributed by atoms with E-state index in [0.29, 0.717) is 45.6 Å². The van der Waals surface area contributed by atoms with Crippen molar-refractivity contribution in [2.24, 2.45) is 0 Å². The highest BCUT2D eigenvalue weighted by Crippen LogP contribution is 2.38. The summed E-state index contributed by atoms with van der Waals surface area (Å²) in [6.45, 7) is 0.00649. The van der Waals surface area contributed by atoms with Gasteiger partial charge >= 0.3 is 5.63 Å². The smallest absolute Gasteiger partial charge is 0.339 e. The minimum Gasteiger partial charge on any atom is -0.489 e. The van der Waals surface area contributed by atoms with Gasteiger partial charge in [-0.2, -0.15) is 0 Å². The van der Waals surface area contributed by atoms with Crippen LogP contribution in [0.2, 0.25) is 0 Å². The Hall–Kier alpha value is -3.67. The lowest BCUT2D eigenvalue weighted by atomic mass is 10.1. The molecule has 0 spiro atoms. The van der Waals surface area contributed by atoms with E-state index in [1.165, 1.54) is 12.1 Å². The standard InChI is InChI=1S/C26H20F2O4/c27-21-10-3-1-6-16(21)14-30-18-12-23(31-15-17-7-2-4-11-22(17)28)25-19-8-5-9-20(19)26(29)32-24(25)13-18/h1-4,6-7,10-13H,5,8-9,14-15H2. The molecule has 0 amide bonds. The topological polar surface area (TPSA) is 48.7 Å². The van der Waals surface area contributed by atoms with Crippen molar-refractivity contribution in [1.29, 1.82) is 0 Å². The molecule has 0 saturated heterocycles. The third-order valence-corrected chi connectivity index (χ3v) is 5.70. The number of hydrogen-bond acceptors (Lipinski definition) is 4. The fraction of sp³-hybridized carbons (Fsp3) is 0.192. The molecule has 4 aromatic rings. The van der Waals surface area contributed by atoms with E-state index in [1.54, 1.807) is 48.5 Å². The monoisotopic (exact) mass is 434 g/mol. The molecule has 1 heterocycles. The summed E-state index contributed by atoms with van der Waals surface area (Å²) in [7, 11) is 0. The van der Waals surface area contributed by atoms with Crippen molar-refractivity contribution in [2.45, 2.75) is 32.5 Å². The van der Waals surface area contributed by atoms with Crippen LogP contribution in [0.3, 0.4) is 0 Å². The third kappa shape index (κ3) is 3.84. The van der Waals surface area contributed by atoms with E-state index >= 15 is 0 Å². The minimum atomic E-state index is -0.367. The van der Waals surface area contributed by atoms with Gasteiger partial charge in [-0.05, 0) is 37.0 Å². The van der Waals surface area contributed by atoms with Crippen molar-refractivity contribution in [1.82, 2.24) is 0 Å². The molecule has 0 unspecified atom stereocenters. The zero-order valence-corrected chi connectivity index (χ0v) is 17.2. The summed E-state index contributed by atoms with van der Waals surface area (Å²) in [5, 5.41) is 0.701. The second-order valence-electron chi connectivity index (χ2n) is 7.75. The first-order chi connectivity index (χ1) is 15.6. The Balaban J connectivity index is 1.54. The van der Waals surface area contributed by atoms with E-state index in [2.05, 4.69) is 0 Å². The molecule has 0 atom stereocenters. The van der Waals surface area contributed by atoms with Crippen molar-refractivity contribution in [3.8, 4) is 11.5 Å². The summed E-state index contributed by atoms with van der Waals surface area (Å²) in [6, 6.07) is 16.0. The van der Waals surface area contributed by atoms with Gasteiger partial charge in [0.25, 0.3) is 0 Å². The number of aryl methyl sites for hydroxylation is 1. The highest BCUT2D eigenvalue weighted by Gasteiger charge is 2.23. The molecule has 0 bridgehead atoms. The average molecular weight is 434 g/mol. The number of hydrogen-bond donors (Lipinski definition) is 0. The van der Waals surface area contributed by atoms with E-state index in [-0.39, 0.29) is 30.5 Å². The fourth-order valence-electron chi connectivity index (χ4n) is 4.09. The maximum atomic E-state index is 14.1. The quantitative estimate of drug-likeness (QED) is 0.364. The molecule has 0 radical (unpaired) electrons. The molecule has 3 aromatic carbocycles. The Morgan fingerprint density at radius 1 is 0.812 bits per heavy atom. The van der Waals surface area contributed by atoms with E-state index in [0.717, 1.165) is 18.4 Å². The molecular weight excluding hydrogens is 414 g/mol. The van der Waals surface area contributed by atoms with Crippen molar-refractivity contribution >= 4 is 11.0 Å². The predicted octanol–water partition coefficient (Wildman–Crippen LogP) is 5.72. The summed E-state index contributed by atoms with van der Waals surface area (Å²) in [5.41, 5.74) is 2.35. The lowest BCUT2D eigenvalue weighted by Gasteiger charge is -2.15. The molecule has 0 aliphatic heterocycles. The number of ether oxygens (including phenoxy) is 2. The van der Waals surface area contributed by atoms with Gasteiger partial charge in [0.15, 0.2) is 0 Å². The van der Waals surface area contributed by atoms with Gasteiger partial charge in [-0.25, -0.2) is 13.6 Å². The molecule has 1 aliphatic rings. The van der Waals surface area contributed by atoms with Crippen LogP contribution in [-0.2, 0) is 26.1 Å². The summed E-state index contributed by atoms with van der Waals surface area (Å²) < 4.78 is 45.5. The maximum Gasteiger partial charge on any atom is 0.339 e. The van der Waals surface area contributed by atoms with Gasteiger partial charge in [0.05, 0.1) is 5.39 Å². The summed E-state index contributed by atoms with van der Waals surface area (Å²) >= 11 is 0. The largest absolute Gasteiger partial charge is 0.489 e. The van der Waals surface area contributed by atoms with Crippen LogP contribution in [0.4, 0.5) is 8.78 Å². The van der Waals surface area contributed by atoms with Crippen LogP contribution in [0.5, 0.6) is 11.5 Å². The van der Waals surface area contributed by atoms with Crippen molar-refractivity contribution < 1.29 is 22.7 Å². The van der Waals surface area contributed by atoms with Crippen molar-refractivity contribution in [3.05, 3.63) is 105 Å². The lowest BCUT2D eigenvalue weighted by Crippen LogP contribution is -2.08. The fourth-order valence-corrected chi connectivity index (χ4v) is 4.09. The molecule has 0 fully saturated rings. The maximum absolute atomic E-state index is 14.1. The number of halogens is 2. The summed E-state index contributed by atoms with van der Waals surface area (Å²) in [4.78, 5) is 12.4. The molecule has 5 rings (SSSR count). The Morgan fingerprint density at radius 2 is 1.44 bits per heavy atom. The first-order valence-corrected chi connectivity index (χ1v) is 10.4. The van der Waals surface area contributed by atoms with Gasteiger partial charge in [0.1, 0.15) is 41.9 Å². The van der Waals surface area contributed by atoms with Gasteiger partial charge in [0.2, 0.25) is 0 Å². The SMILES string of the molecule is O=c1oc2cc(OCc3ccccc3F)cc(OCc3ccccc3F)c2c2c1CCC2. The van der Waals surface area contributed by atoms with E-state index < -0.39 is 0 Å². The third-order valence-electron chi connectivity index (χ3n) is 5.70. The highest BCUT2D eigenvalue weighted by molar-refractivity contribution is 5.89. The summed E-state index contributed by atoms with van der Waals surface area (Å²) in [6.07, 6.45) is 2.26. The normalized spacial score (nSPS) is 12.7. The Labute approximate surface area is 183 Å². The molecule has 1 aliphatic carbocycles. The molecule has 0 saturated carbocycles. The van der Waals surface area contributed by atoms with E-state index in [4.69, 9.17) is 13.9 Å². The number of benzene rings is 3. The predicted molar refractivity (Wildman–Crippen MR) is 116 cm³/mol. The minimum absolute atomic E-state index is 0.000105. The second kappa shape index (κ2) is 8.46. The first-order valence-electron chi connectivity index (χ1n) is 10.4. The summed E-state index contributed by atoms with van der Waals surface area (Å²) in [5.74, 6) is 0.0794. The van der Waals surface area contributed by atoms with E-state index in [9.17, 15) is 13.6 Å². The number of rotatable bonds is 6. The Morgan fingerprint density at radius 3 is 2.12 bits per heavy atom. The molecule has 0 N–H and O–H groups in total. The van der Waals surface area contributed by atoms with Crippen LogP contribution in [0.25, 0.3) is 11.0 Å². The zero-order valence-electron chi connectivity index (χ0n) is 17.2. The highest BCUT2D eigenvalue weighted by atomic mass is 19.1. The van der Waals surface area contributed by atoms with Crippen LogP contribution in [0.1, 0.15) is 28.7 Å². The van der Waals surface area contributed by atoms with Crippen LogP contribution in [0, 0.1) is 11.6 Å². The van der Waals surface area contributed by atoms with Crippen molar-refractivity contribution in [3.63, 3.8) is 0 Å². The molecule has 6 heteroatoms. The zero-order chi connectivity index (χ0) is 22.1. The van der Waals surface area contributed by atoms with Crippen molar-refractivity contribution in [2.75, 3.05) is 0 Å². The van der Waals surface area contributed by atoms with Gasteiger partial charge in [-0.1, -0.05) is 36.4 Å². The molecule has 162 valence electrons. The average Bonchev–Trinajstić information content (AvgIpc) is 3.28. The van der Waals surface area contributed by atoms with Crippen LogP contribution >= 0.6 is 0 Å². The molecular formula is C26H20F2O4. The van der Waals surface area contributed by atoms with Crippen LogP contribution in [-0.4, -0.2) is 0 Å². The van der Waals surface area contributed by atoms with Crippen LogP contribution in [0.15, 0.2) is 69.9 Å². The molecule has 32 heavy (non-hydrogen) atoms. The molecule has 4 nitrogen and oxygen atoms in total. The van der Waals surface area contributed by atoms with Gasteiger partial charge in [-0.3, -0.25) is 0 Å². The molecule has 1 aromatic heterocycles. The van der Waals surface area contributed by atoms with Crippen LogP contribution < -0.4 is 15.1 Å². The Kier molecular flexibility index (Phi) is 5.35. The van der Waals surface area contributed by atoms with Gasteiger partial charge in [0, 0.05) is 28.8 Å². The second-order valence-corrected chi connectivity index (χ2v) is 7.75. The van der Waals surface area contributed by atoms with Gasteiger partial charge < -0.3 is 13.9 Å². The number of fused-ring (bicyclic) bond motifs is 3. The lowest BCUT2D eigenvalue weighted by molar-refractivity contribution is 0.286.